The quantitative estimate of drug-likeness (QED) is 0.806. The zero-order valence-electron chi connectivity index (χ0n) is 12.0. The third kappa shape index (κ3) is 4.46. The maximum atomic E-state index is 12.1. The topological polar surface area (TPSA) is 51.2 Å². The van der Waals surface area contributed by atoms with Gasteiger partial charge in [-0.2, -0.15) is 0 Å². The van der Waals surface area contributed by atoms with Gasteiger partial charge in [0.15, 0.2) is 9.84 Å². The second-order valence-electron chi connectivity index (χ2n) is 5.46. The molecule has 0 aromatic heterocycles. The Hall–Kier alpha value is -1.16. The minimum Gasteiger partial charge on any atom is -0.300 e. The fourth-order valence-corrected chi connectivity index (χ4v) is 3.22. The van der Waals surface area contributed by atoms with Crippen molar-refractivity contribution < 1.29 is 13.2 Å². The molecule has 1 aromatic rings. The lowest BCUT2D eigenvalue weighted by molar-refractivity contribution is -0.117. The molecular formula is C15H22O3S. The summed E-state index contributed by atoms with van der Waals surface area (Å²) in [6.45, 7) is 6.95. The smallest absolute Gasteiger partial charge is 0.180 e. The van der Waals surface area contributed by atoms with Gasteiger partial charge in [-0.3, -0.25) is 0 Å². The third-order valence-electron chi connectivity index (χ3n) is 3.07. The average molecular weight is 282 g/mol. The lowest BCUT2D eigenvalue weighted by Gasteiger charge is -2.12. The van der Waals surface area contributed by atoms with Gasteiger partial charge in [-0.1, -0.05) is 19.1 Å². The van der Waals surface area contributed by atoms with Crippen LogP contribution in [0.3, 0.4) is 0 Å². The summed E-state index contributed by atoms with van der Waals surface area (Å²) < 4.78 is 24.2. The number of rotatable bonds is 6. The van der Waals surface area contributed by atoms with Crippen LogP contribution in [0.25, 0.3) is 0 Å². The normalized spacial score (nSPS) is 13.5. The van der Waals surface area contributed by atoms with Gasteiger partial charge in [0, 0.05) is 6.42 Å². The Balaban J connectivity index is 2.93. The van der Waals surface area contributed by atoms with E-state index in [2.05, 4.69) is 0 Å². The molecule has 0 saturated carbocycles. The molecule has 0 N–H and O–H groups in total. The number of hydrogen-bond acceptors (Lipinski definition) is 3. The summed E-state index contributed by atoms with van der Waals surface area (Å²) in [6.07, 6.45) is 1.25. The minimum absolute atomic E-state index is 0.165. The zero-order valence-corrected chi connectivity index (χ0v) is 12.8. The SMILES string of the molecule is CC(=O)CC(C)Cc1cccc(S(=O)(=O)C(C)C)c1. The Kier molecular flexibility index (Phi) is 5.29. The summed E-state index contributed by atoms with van der Waals surface area (Å²) in [7, 11) is -3.23. The van der Waals surface area contributed by atoms with Gasteiger partial charge < -0.3 is 4.79 Å². The maximum absolute atomic E-state index is 12.1. The van der Waals surface area contributed by atoms with E-state index < -0.39 is 15.1 Å². The second-order valence-corrected chi connectivity index (χ2v) is 7.96. The van der Waals surface area contributed by atoms with Gasteiger partial charge in [0.2, 0.25) is 0 Å². The van der Waals surface area contributed by atoms with Crippen LogP contribution in [0.1, 0.15) is 39.7 Å². The van der Waals surface area contributed by atoms with Crippen molar-refractivity contribution >= 4 is 15.6 Å². The maximum Gasteiger partial charge on any atom is 0.180 e. The van der Waals surface area contributed by atoms with E-state index in [4.69, 9.17) is 0 Å². The summed E-state index contributed by atoms with van der Waals surface area (Å²) in [4.78, 5) is 11.4. The lowest BCUT2D eigenvalue weighted by atomic mass is 9.97. The number of carbonyl (C=O) groups is 1. The standard InChI is InChI=1S/C15H22O3S/c1-11(2)19(17,18)15-7-5-6-14(10-15)9-12(3)8-13(4)16/h5-7,10-12H,8-9H2,1-4H3. The summed E-state index contributed by atoms with van der Waals surface area (Å²) in [6, 6.07) is 7.04. The average Bonchev–Trinajstić information content (AvgIpc) is 2.27. The van der Waals surface area contributed by atoms with Crippen LogP contribution in [0.15, 0.2) is 29.2 Å². The van der Waals surface area contributed by atoms with Crippen LogP contribution in [0.5, 0.6) is 0 Å². The molecule has 1 aromatic carbocycles. The van der Waals surface area contributed by atoms with Gasteiger partial charge in [-0.25, -0.2) is 8.42 Å². The van der Waals surface area contributed by atoms with E-state index in [9.17, 15) is 13.2 Å². The third-order valence-corrected chi connectivity index (χ3v) is 5.22. The van der Waals surface area contributed by atoms with Crippen LogP contribution in [0.2, 0.25) is 0 Å². The predicted molar refractivity (Wildman–Crippen MR) is 76.9 cm³/mol. The van der Waals surface area contributed by atoms with Crippen molar-refractivity contribution in [3.05, 3.63) is 29.8 Å². The Labute approximate surface area is 116 Å². The van der Waals surface area contributed by atoms with Crippen LogP contribution in [0.4, 0.5) is 0 Å². The molecule has 0 saturated heterocycles. The largest absolute Gasteiger partial charge is 0.300 e. The molecule has 0 fully saturated rings. The lowest BCUT2D eigenvalue weighted by Crippen LogP contribution is -2.14. The number of Topliss-reactive ketones (excluding diaryl/α,β-unsaturated/α-hetero) is 1. The number of hydrogen-bond donors (Lipinski definition) is 0. The van der Waals surface area contributed by atoms with Crippen LogP contribution < -0.4 is 0 Å². The highest BCUT2D eigenvalue weighted by Crippen LogP contribution is 2.19. The number of sulfone groups is 1. The molecule has 0 radical (unpaired) electrons. The van der Waals surface area contributed by atoms with Crippen molar-refractivity contribution in [1.29, 1.82) is 0 Å². The van der Waals surface area contributed by atoms with Gasteiger partial charge in [0.05, 0.1) is 10.1 Å². The van der Waals surface area contributed by atoms with Crippen molar-refractivity contribution in [2.45, 2.75) is 50.7 Å². The van der Waals surface area contributed by atoms with Crippen molar-refractivity contribution in [3.8, 4) is 0 Å². The highest BCUT2D eigenvalue weighted by molar-refractivity contribution is 7.92. The number of carbonyl (C=O) groups excluding carboxylic acids is 1. The Morgan fingerprint density at radius 2 is 1.84 bits per heavy atom. The van der Waals surface area contributed by atoms with Gasteiger partial charge in [-0.05, 0) is 50.8 Å². The fourth-order valence-electron chi connectivity index (χ4n) is 2.09. The van der Waals surface area contributed by atoms with Crippen LogP contribution in [0, 0.1) is 5.92 Å². The van der Waals surface area contributed by atoms with Crippen LogP contribution in [-0.4, -0.2) is 19.5 Å². The van der Waals surface area contributed by atoms with Gasteiger partial charge in [0.25, 0.3) is 0 Å². The van der Waals surface area contributed by atoms with Gasteiger partial charge in [0.1, 0.15) is 5.78 Å². The van der Waals surface area contributed by atoms with E-state index >= 15 is 0 Å². The highest BCUT2D eigenvalue weighted by atomic mass is 32.2. The summed E-state index contributed by atoms with van der Waals surface area (Å²) in [5.74, 6) is 0.396. The van der Waals surface area contributed by atoms with Crippen molar-refractivity contribution in [1.82, 2.24) is 0 Å². The molecule has 0 spiro atoms. The predicted octanol–water partition coefficient (Wildman–Crippen LogP) is 3.03. The molecule has 4 heteroatoms. The van der Waals surface area contributed by atoms with Gasteiger partial charge >= 0.3 is 0 Å². The molecule has 106 valence electrons. The molecule has 0 aliphatic rings. The minimum atomic E-state index is -3.23. The van der Waals surface area contributed by atoms with Gasteiger partial charge in [-0.15, -0.1) is 0 Å². The summed E-state index contributed by atoms with van der Waals surface area (Å²) in [5, 5.41) is -0.419. The van der Waals surface area contributed by atoms with Crippen molar-refractivity contribution in [2.75, 3.05) is 0 Å². The highest BCUT2D eigenvalue weighted by Gasteiger charge is 2.19. The van der Waals surface area contributed by atoms with Crippen molar-refractivity contribution in [3.63, 3.8) is 0 Å². The first-order chi connectivity index (χ1) is 8.73. The van der Waals surface area contributed by atoms with Crippen LogP contribution in [-0.2, 0) is 21.1 Å². The second kappa shape index (κ2) is 6.33. The van der Waals surface area contributed by atoms with E-state index in [0.29, 0.717) is 11.3 Å². The zero-order chi connectivity index (χ0) is 14.6. The molecule has 0 bridgehead atoms. The first-order valence-electron chi connectivity index (χ1n) is 6.55. The van der Waals surface area contributed by atoms with E-state index in [-0.39, 0.29) is 11.7 Å². The van der Waals surface area contributed by atoms with Crippen molar-refractivity contribution in [2.24, 2.45) is 5.92 Å². The monoisotopic (exact) mass is 282 g/mol. The molecule has 1 unspecified atom stereocenters. The molecule has 3 nitrogen and oxygen atoms in total. The molecular weight excluding hydrogens is 260 g/mol. The summed E-state index contributed by atoms with van der Waals surface area (Å²) in [5.41, 5.74) is 0.968. The van der Waals surface area contributed by atoms with E-state index in [1.807, 2.05) is 13.0 Å². The Bertz CT molecular complexity index is 544. The van der Waals surface area contributed by atoms with E-state index in [0.717, 1.165) is 12.0 Å². The summed E-state index contributed by atoms with van der Waals surface area (Å²) >= 11 is 0. The molecule has 1 atom stereocenters. The molecule has 0 heterocycles. The molecule has 0 aliphatic carbocycles. The Morgan fingerprint density at radius 1 is 1.21 bits per heavy atom. The number of benzene rings is 1. The molecule has 1 rings (SSSR count). The van der Waals surface area contributed by atoms with E-state index in [1.54, 1.807) is 39.0 Å². The first-order valence-corrected chi connectivity index (χ1v) is 8.10. The molecule has 0 aliphatic heterocycles. The number of ketones is 1. The molecule has 0 amide bonds. The Morgan fingerprint density at radius 3 is 2.37 bits per heavy atom. The molecule has 19 heavy (non-hydrogen) atoms. The van der Waals surface area contributed by atoms with E-state index in [1.165, 1.54) is 0 Å². The first kappa shape index (κ1) is 15.9. The van der Waals surface area contributed by atoms with Crippen LogP contribution >= 0.6 is 0 Å². The fraction of sp³-hybridized carbons (Fsp3) is 0.533.